The second-order valence-electron chi connectivity index (χ2n) is 3.11. The van der Waals surface area contributed by atoms with Crippen LogP contribution < -0.4 is 5.32 Å². The maximum atomic E-state index is 4.73. The lowest BCUT2D eigenvalue weighted by Gasteiger charge is -2.04. The Balaban J connectivity index is 2.02. The Hall–Kier alpha value is -1.36. The van der Waals surface area contributed by atoms with Crippen LogP contribution in [0.15, 0.2) is 33.5 Å². The predicted molar refractivity (Wildman–Crippen MR) is 60.5 cm³/mol. The zero-order chi connectivity index (χ0) is 10.7. The molecule has 5 heteroatoms. The molecule has 0 unspecified atom stereocenters. The molecule has 0 saturated heterocycles. The third-order valence-corrected chi connectivity index (χ3v) is 2.80. The van der Waals surface area contributed by atoms with E-state index in [1.54, 1.807) is 6.26 Å². The molecule has 2 heterocycles. The van der Waals surface area contributed by atoms with Crippen molar-refractivity contribution in [2.45, 2.75) is 13.5 Å². The van der Waals surface area contributed by atoms with Crippen molar-refractivity contribution in [2.75, 3.05) is 5.32 Å². The highest BCUT2D eigenvalue weighted by Crippen LogP contribution is 2.16. The van der Waals surface area contributed by atoms with Gasteiger partial charge in [-0.05, 0) is 35.0 Å². The Kier molecular flexibility index (Phi) is 3.01. The summed E-state index contributed by atoms with van der Waals surface area (Å²) < 4.78 is 5.74. The average molecular weight is 268 g/mol. The largest absolute Gasteiger partial charge is 0.364 e. The van der Waals surface area contributed by atoms with Gasteiger partial charge < -0.3 is 9.84 Å². The Bertz CT molecular complexity index is 442. The van der Waals surface area contributed by atoms with Gasteiger partial charge in [-0.1, -0.05) is 5.16 Å². The molecular formula is C10H10BrN3O. The highest BCUT2D eigenvalue weighted by molar-refractivity contribution is 9.10. The van der Waals surface area contributed by atoms with E-state index in [1.807, 2.05) is 25.1 Å². The zero-order valence-electron chi connectivity index (χ0n) is 8.20. The highest BCUT2D eigenvalue weighted by Gasteiger charge is 2.00. The van der Waals surface area contributed by atoms with E-state index in [0.717, 1.165) is 21.7 Å². The van der Waals surface area contributed by atoms with Crippen LogP contribution in [-0.2, 0) is 6.54 Å². The fourth-order valence-electron chi connectivity index (χ4n) is 1.15. The van der Waals surface area contributed by atoms with Gasteiger partial charge in [0.1, 0.15) is 17.8 Å². The fourth-order valence-corrected chi connectivity index (χ4v) is 1.37. The molecule has 0 spiro atoms. The molecule has 2 rings (SSSR count). The SMILES string of the molecule is Cc1nc(NCc2ccon2)ccc1Br. The van der Waals surface area contributed by atoms with Crippen molar-refractivity contribution < 1.29 is 4.52 Å². The summed E-state index contributed by atoms with van der Waals surface area (Å²) in [6.07, 6.45) is 1.55. The van der Waals surface area contributed by atoms with Gasteiger partial charge in [0.05, 0.1) is 12.2 Å². The Labute approximate surface area is 95.8 Å². The lowest BCUT2D eigenvalue weighted by molar-refractivity contribution is 0.412. The van der Waals surface area contributed by atoms with Gasteiger partial charge in [0.2, 0.25) is 0 Å². The van der Waals surface area contributed by atoms with Crippen LogP contribution >= 0.6 is 15.9 Å². The molecular weight excluding hydrogens is 258 g/mol. The molecule has 78 valence electrons. The van der Waals surface area contributed by atoms with Gasteiger partial charge in [0.25, 0.3) is 0 Å². The quantitative estimate of drug-likeness (QED) is 0.929. The number of hydrogen-bond acceptors (Lipinski definition) is 4. The van der Waals surface area contributed by atoms with Crippen molar-refractivity contribution in [1.29, 1.82) is 0 Å². The van der Waals surface area contributed by atoms with Crippen molar-refractivity contribution >= 4 is 21.7 Å². The number of nitrogens with zero attached hydrogens (tertiary/aromatic N) is 2. The van der Waals surface area contributed by atoms with Gasteiger partial charge in [-0.2, -0.15) is 0 Å². The second-order valence-corrected chi connectivity index (χ2v) is 3.96. The van der Waals surface area contributed by atoms with Crippen LogP contribution in [0, 0.1) is 6.92 Å². The molecule has 15 heavy (non-hydrogen) atoms. The first kappa shape index (κ1) is 10.2. The summed E-state index contributed by atoms with van der Waals surface area (Å²) in [6.45, 7) is 2.57. The summed E-state index contributed by atoms with van der Waals surface area (Å²) in [5, 5.41) is 6.96. The van der Waals surface area contributed by atoms with Gasteiger partial charge in [-0.15, -0.1) is 0 Å². The number of aryl methyl sites for hydroxylation is 1. The molecule has 2 aromatic rings. The average Bonchev–Trinajstić information content (AvgIpc) is 2.73. The normalized spacial score (nSPS) is 10.3. The first-order chi connectivity index (χ1) is 7.25. The minimum Gasteiger partial charge on any atom is -0.364 e. The van der Waals surface area contributed by atoms with Crippen LogP contribution in [0.3, 0.4) is 0 Å². The molecule has 1 N–H and O–H groups in total. The first-order valence-corrected chi connectivity index (χ1v) is 5.31. The summed E-state index contributed by atoms with van der Waals surface area (Å²) in [5.41, 5.74) is 1.82. The van der Waals surface area contributed by atoms with E-state index in [-0.39, 0.29) is 0 Å². The smallest absolute Gasteiger partial charge is 0.126 e. The number of hydrogen-bond donors (Lipinski definition) is 1. The Morgan fingerprint density at radius 2 is 2.27 bits per heavy atom. The first-order valence-electron chi connectivity index (χ1n) is 4.52. The van der Waals surface area contributed by atoms with Crippen LogP contribution in [0.25, 0.3) is 0 Å². The number of halogens is 1. The lowest BCUT2D eigenvalue weighted by Crippen LogP contribution is -2.02. The van der Waals surface area contributed by atoms with E-state index < -0.39 is 0 Å². The zero-order valence-corrected chi connectivity index (χ0v) is 9.78. The molecule has 0 saturated carbocycles. The molecule has 0 radical (unpaired) electrons. The van der Waals surface area contributed by atoms with Crippen LogP contribution in [-0.4, -0.2) is 10.1 Å². The molecule has 0 atom stereocenters. The van der Waals surface area contributed by atoms with Crippen molar-refractivity contribution in [3.63, 3.8) is 0 Å². The van der Waals surface area contributed by atoms with Crippen LogP contribution in [0.1, 0.15) is 11.4 Å². The number of aromatic nitrogens is 2. The monoisotopic (exact) mass is 267 g/mol. The van der Waals surface area contributed by atoms with E-state index in [0.29, 0.717) is 6.54 Å². The molecule has 0 bridgehead atoms. The van der Waals surface area contributed by atoms with Crippen molar-refractivity contribution in [1.82, 2.24) is 10.1 Å². The number of rotatable bonds is 3. The topological polar surface area (TPSA) is 51.0 Å². The molecule has 0 aromatic carbocycles. The maximum Gasteiger partial charge on any atom is 0.126 e. The predicted octanol–water partition coefficient (Wildman–Crippen LogP) is 2.75. The van der Waals surface area contributed by atoms with Crippen molar-refractivity contribution in [2.24, 2.45) is 0 Å². The molecule has 0 aliphatic heterocycles. The van der Waals surface area contributed by atoms with Crippen LogP contribution in [0.4, 0.5) is 5.82 Å². The second kappa shape index (κ2) is 4.44. The highest BCUT2D eigenvalue weighted by atomic mass is 79.9. The van der Waals surface area contributed by atoms with Crippen LogP contribution in [0.2, 0.25) is 0 Å². The van der Waals surface area contributed by atoms with Crippen LogP contribution in [0.5, 0.6) is 0 Å². The van der Waals surface area contributed by atoms with Gasteiger partial charge in [-0.3, -0.25) is 0 Å². The van der Waals surface area contributed by atoms with Crippen molar-refractivity contribution in [3.05, 3.63) is 40.3 Å². The molecule has 0 fully saturated rings. The molecule has 0 aliphatic rings. The minimum absolute atomic E-state index is 0.616. The summed E-state index contributed by atoms with van der Waals surface area (Å²) >= 11 is 3.40. The minimum atomic E-state index is 0.616. The summed E-state index contributed by atoms with van der Waals surface area (Å²) in [5.74, 6) is 0.832. The van der Waals surface area contributed by atoms with E-state index in [2.05, 4.69) is 31.4 Å². The lowest BCUT2D eigenvalue weighted by atomic mass is 10.3. The van der Waals surface area contributed by atoms with Gasteiger partial charge >= 0.3 is 0 Å². The summed E-state index contributed by atoms with van der Waals surface area (Å²) in [6, 6.07) is 5.70. The molecule has 4 nitrogen and oxygen atoms in total. The number of anilines is 1. The van der Waals surface area contributed by atoms with Crippen molar-refractivity contribution in [3.8, 4) is 0 Å². The molecule has 0 amide bonds. The summed E-state index contributed by atoms with van der Waals surface area (Å²) in [7, 11) is 0. The maximum absolute atomic E-state index is 4.73. The van der Waals surface area contributed by atoms with E-state index in [4.69, 9.17) is 4.52 Å². The van der Waals surface area contributed by atoms with E-state index in [9.17, 15) is 0 Å². The van der Waals surface area contributed by atoms with Gasteiger partial charge in [0.15, 0.2) is 0 Å². The van der Waals surface area contributed by atoms with E-state index in [1.165, 1.54) is 0 Å². The van der Waals surface area contributed by atoms with Gasteiger partial charge in [0, 0.05) is 10.5 Å². The standard InChI is InChI=1S/C10H10BrN3O/c1-7-9(11)2-3-10(13-7)12-6-8-4-5-15-14-8/h2-5H,6H2,1H3,(H,12,13). The summed E-state index contributed by atoms with van der Waals surface area (Å²) in [4.78, 5) is 4.36. The third-order valence-electron chi connectivity index (χ3n) is 1.96. The molecule has 0 aliphatic carbocycles. The Morgan fingerprint density at radius 3 is 2.93 bits per heavy atom. The van der Waals surface area contributed by atoms with E-state index >= 15 is 0 Å². The number of nitrogens with one attached hydrogen (secondary N) is 1. The number of pyridine rings is 1. The Morgan fingerprint density at radius 1 is 1.40 bits per heavy atom. The third kappa shape index (κ3) is 2.56. The molecule has 2 aromatic heterocycles. The fraction of sp³-hybridized carbons (Fsp3) is 0.200. The van der Waals surface area contributed by atoms with Gasteiger partial charge in [-0.25, -0.2) is 4.98 Å².